The molecule has 5 rings (SSSR count). The highest BCUT2D eigenvalue weighted by atomic mass is 35.5. The van der Waals surface area contributed by atoms with Crippen LogP contribution in [0.1, 0.15) is 10.6 Å². The Hall–Kier alpha value is -4.13. The van der Waals surface area contributed by atoms with Crippen LogP contribution in [0.4, 0.5) is 15.9 Å². The Balaban J connectivity index is 1.27. The first-order valence-corrected chi connectivity index (χ1v) is 16.0. The zero-order valence-corrected chi connectivity index (χ0v) is 24.7. The summed E-state index contributed by atoms with van der Waals surface area (Å²) < 4.78 is 41.7. The predicted octanol–water partition coefficient (Wildman–Crippen LogP) is 5.57. The van der Waals surface area contributed by atoms with Crippen LogP contribution in [0.15, 0.2) is 72.4 Å². The van der Waals surface area contributed by atoms with E-state index in [1.54, 1.807) is 24.3 Å². The Bertz CT molecular complexity index is 1870. The second-order valence-electron chi connectivity index (χ2n) is 9.44. The maximum Gasteiger partial charge on any atom is 0.235 e. The molecule has 216 valence electrons. The lowest BCUT2D eigenvalue weighted by Gasteiger charge is -2.12. The molecule has 2 aromatic heterocycles. The van der Waals surface area contributed by atoms with Crippen LogP contribution in [0.5, 0.6) is 5.75 Å². The number of amides is 1. The minimum atomic E-state index is -3.37. The number of aromatic nitrogens is 3. The number of carbonyl (C=O) groups is 1. The Labute approximate surface area is 250 Å². The molecule has 9 nitrogen and oxygen atoms in total. The number of halogens is 2. The third-order valence-electron chi connectivity index (χ3n) is 6.02. The molecule has 0 saturated carbocycles. The van der Waals surface area contributed by atoms with Crippen molar-refractivity contribution in [3.8, 4) is 17.0 Å². The molecule has 0 aliphatic heterocycles. The minimum Gasteiger partial charge on any atom is -0.487 e. The van der Waals surface area contributed by atoms with Crippen LogP contribution in [0.2, 0.25) is 5.02 Å². The van der Waals surface area contributed by atoms with Crippen molar-refractivity contribution in [2.75, 3.05) is 23.9 Å². The Morgan fingerprint density at radius 2 is 1.95 bits per heavy atom. The molecule has 42 heavy (non-hydrogen) atoms. The molecular weight excluding hydrogens is 601 g/mol. The summed E-state index contributed by atoms with van der Waals surface area (Å²) in [6, 6.07) is 17.2. The van der Waals surface area contributed by atoms with Gasteiger partial charge in [-0.1, -0.05) is 29.8 Å². The lowest BCUT2D eigenvalue weighted by Crippen LogP contribution is -2.31. The van der Waals surface area contributed by atoms with Gasteiger partial charge in [-0.15, -0.1) is 11.3 Å². The van der Waals surface area contributed by atoms with E-state index >= 15 is 0 Å². The standard InChI is InChI=1S/C29H25ClFN5O4S2/c1-42(38,39)16-27(37)32-10-9-28-36-25(15-41-28)19-5-7-24-22(12-19)29(34-17-33-24)35-21-6-8-26(23(30)13-21)40-14-18-3-2-4-20(31)11-18/h2-8,11-13,15,17H,9-10,14,16H2,1H3,(H,32,37)(H,33,34,35). The van der Waals surface area contributed by atoms with Crippen LogP contribution in [0.25, 0.3) is 22.2 Å². The number of thiazole rings is 1. The molecule has 0 aliphatic carbocycles. The van der Waals surface area contributed by atoms with Gasteiger partial charge in [-0.2, -0.15) is 0 Å². The molecule has 0 spiro atoms. The van der Waals surface area contributed by atoms with Crippen molar-refractivity contribution in [2.24, 2.45) is 0 Å². The predicted molar refractivity (Wildman–Crippen MR) is 163 cm³/mol. The molecule has 0 aliphatic rings. The summed E-state index contributed by atoms with van der Waals surface area (Å²) in [4.78, 5) is 25.2. The second kappa shape index (κ2) is 12.8. The maximum atomic E-state index is 13.4. The van der Waals surface area contributed by atoms with E-state index in [0.717, 1.165) is 33.4 Å². The van der Waals surface area contributed by atoms with Gasteiger partial charge in [0.05, 0.1) is 21.2 Å². The Kier molecular flexibility index (Phi) is 8.95. The molecule has 1 amide bonds. The van der Waals surface area contributed by atoms with Crippen molar-refractivity contribution < 1.29 is 22.3 Å². The summed E-state index contributed by atoms with van der Waals surface area (Å²) in [6.45, 7) is 0.470. The minimum absolute atomic E-state index is 0.180. The number of hydrogen-bond donors (Lipinski definition) is 2. The fourth-order valence-corrected chi connectivity index (χ4v) is 5.71. The summed E-state index contributed by atoms with van der Waals surface area (Å²) in [5, 5.41) is 9.80. The van der Waals surface area contributed by atoms with Crippen LogP contribution in [-0.4, -0.2) is 47.8 Å². The lowest BCUT2D eigenvalue weighted by molar-refractivity contribution is -0.118. The molecule has 2 heterocycles. The highest BCUT2D eigenvalue weighted by molar-refractivity contribution is 7.91. The van der Waals surface area contributed by atoms with Crippen molar-refractivity contribution in [3.63, 3.8) is 0 Å². The smallest absolute Gasteiger partial charge is 0.235 e. The number of fused-ring (bicyclic) bond motifs is 1. The number of rotatable bonds is 11. The molecule has 0 bridgehead atoms. The van der Waals surface area contributed by atoms with Gasteiger partial charge in [0, 0.05) is 41.2 Å². The quantitative estimate of drug-likeness (QED) is 0.195. The van der Waals surface area contributed by atoms with Crippen LogP contribution in [0.3, 0.4) is 0 Å². The van der Waals surface area contributed by atoms with Crippen molar-refractivity contribution >= 4 is 61.1 Å². The number of hydrogen-bond acceptors (Lipinski definition) is 9. The maximum absolute atomic E-state index is 13.4. The molecule has 0 saturated heterocycles. The van der Waals surface area contributed by atoms with E-state index < -0.39 is 21.5 Å². The molecule has 0 radical (unpaired) electrons. The van der Waals surface area contributed by atoms with E-state index in [-0.39, 0.29) is 19.0 Å². The monoisotopic (exact) mass is 625 g/mol. The number of carbonyl (C=O) groups excluding carboxylic acids is 1. The highest BCUT2D eigenvalue weighted by Gasteiger charge is 2.13. The van der Waals surface area contributed by atoms with Gasteiger partial charge in [0.15, 0.2) is 9.84 Å². The Morgan fingerprint density at radius 1 is 1.10 bits per heavy atom. The van der Waals surface area contributed by atoms with E-state index in [9.17, 15) is 17.6 Å². The molecule has 5 aromatic rings. The number of benzene rings is 3. The molecule has 0 fully saturated rings. The molecule has 0 atom stereocenters. The SMILES string of the molecule is CS(=O)(=O)CC(=O)NCCc1nc(-c2ccc3ncnc(Nc4ccc(OCc5cccc(F)c5)c(Cl)c4)c3c2)cs1. The largest absolute Gasteiger partial charge is 0.487 e. The van der Waals surface area contributed by atoms with Crippen molar-refractivity contribution in [1.29, 1.82) is 0 Å². The fraction of sp³-hybridized carbons (Fsp3) is 0.172. The molecule has 2 N–H and O–H groups in total. The van der Waals surface area contributed by atoms with Gasteiger partial charge in [0.25, 0.3) is 0 Å². The van der Waals surface area contributed by atoms with Gasteiger partial charge in [-0.05, 0) is 48.0 Å². The first kappa shape index (κ1) is 29.4. The van der Waals surface area contributed by atoms with Gasteiger partial charge in [-0.3, -0.25) is 4.79 Å². The summed E-state index contributed by atoms with van der Waals surface area (Å²) in [6.07, 6.45) is 2.97. The average Bonchev–Trinajstić information content (AvgIpc) is 3.41. The van der Waals surface area contributed by atoms with Gasteiger partial charge >= 0.3 is 0 Å². The highest BCUT2D eigenvalue weighted by Crippen LogP contribution is 2.32. The molecule has 0 unspecified atom stereocenters. The van der Waals surface area contributed by atoms with Crippen LogP contribution < -0.4 is 15.4 Å². The fourth-order valence-electron chi connectivity index (χ4n) is 4.09. The van der Waals surface area contributed by atoms with E-state index in [1.165, 1.54) is 29.8 Å². The third-order valence-corrected chi connectivity index (χ3v) is 8.01. The number of nitrogens with zero attached hydrogens (tertiary/aromatic N) is 3. The zero-order valence-electron chi connectivity index (χ0n) is 22.3. The molecule has 13 heteroatoms. The summed E-state index contributed by atoms with van der Waals surface area (Å²) >= 11 is 7.93. The van der Waals surface area contributed by atoms with Crippen LogP contribution in [-0.2, 0) is 27.7 Å². The first-order chi connectivity index (χ1) is 20.1. The lowest BCUT2D eigenvalue weighted by atomic mass is 10.1. The van der Waals surface area contributed by atoms with Crippen molar-refractivity contribution in [2.45, 2.75) is 13.0 Å². The number of nitrogens with one attached hydrogen (secondary N) is 2. The second-order valence-corrected chi connectivity index (χ2v) is 12.9. The van der Waals surface area contributed by atoms with Crippen LogP contribution in [0, 0.1) is 5.82 Å². The van der Waals surface area contributed by atoms with E-state index in [2.05, 4.69) is 25.6 Å². The van der Waals surface area contributed by atoms with Crippen molar-refractivity contribution in [1.82, 2.24) is 20.3 Å². The van der Waals surface area contributed by atoms with E-state index in [1.807, 2.05) is 29.6 Å². The van der Waals surface area contributed by atoms with Gasteiger partial charge in [-0.25, -0.2) is 27.8 Å². The summed E-state index contributed by atoms with van der Waals surface area (Å²) in [5.41, 5.74) is 3.75. The Morgan fingerprint density at radius 3 is 2.74 bits per heavy atom. The van der Waals surface area contributed by atoms with Crippen molar-refractivity contribution in [3.05, 3.63) is 93.8 Å². The first-order valence-electron chi connectivity index (χ1n) is 12.7. The topological polar surface area (TPSA) is 123 Å². The van der Waals surface area contributed by atoms with Gasteiger partial charge < -0.3 is 15.4 Å². The summed E-state index contributed by atoms with van der Waals surface area (Å²) in [5.74, 6) is -0.347. The van der Waals surface area contributed by atoms with Gasteiger partial charge in [0.2, 0.25) is 5.91 Å². The van der Waals surface area contributed by atoms with Crippen LogP contribution >= 0.6 is 22.9 Å². The molecular formula is C29H25ClFN5O4S2. The third kappa shape index (κ3) is 7.78. The van der Waals surface area contributed by atoms with E-state index in [0.29, 0.717) is 34.3 Å². The summed E-state index contributed by atoms with van der Waals surface area (Å²) in [7, 11) is -3.37. The average molecular weight is 626 g/mol. The number of anilines is 2. The zero-order chi connectivity index (χ0) is 29.7. The van der Waals surface area contributed by atoms with Gasteiger partial charge in [0.1, 0.15) is 36.1 Å². The normalized spacial score (nSPS) is 11.4. The van der Waals surface area contributed by atoms with E-state index in [4.69, 9.17) is 16.3 Å². The molecule has 3 aromatic carbocycles. The number of ether oxygens (including phenoxy) is 1. The number of sulfone groups is 1.